The number of ether oxygens (including phenoxy) is 1. The number of fused-ring (bicyclic) bond motifs is 3. The van der Waals surface area contributed by atoms with E-state index in [2.05, 4.69) is 22.8 Å². The van der Waals surface area contributed by atoms with Gasteiger partial charge in [-0.25, -0.2) is 5.84 Å². The summed E-state index contributed by atoms with van der Waals surface area (Å²) in [5.74, 6) is 6.61. The van der Waals surface area contributed by atoms with Crippen LogP contribution in [0.25, 0.3) is 27.6 Å². The number of benzene rings is 2. The van der Waals surface area contributed by atoms with Crippen LogP contribution in [0.15, 0.2) is 72.6 Å². The van der Waals surface area contributed by atoms with Crippen molar-refractivity contribution in [1.29, 1.82) is 0 Å². The Balaban J connectivity index is 0.000000457. The minimum Gasteiger partial charge on any atom is -0.401 e. The van der Waals surface area contributed by atoms with Crippen LogP contribution in [0.3, 0.4) is 0 Å². The second kappa shape index (κ2) is 13.6. The van der Waals surface area contributed by atoms with Gasteiger partial charge >= 0.3 is 0 Å². The quantitative estimate of drug-likeness (QED) is 0.215. The molecular formula is C32H45N5O2. The molecule has 7 nitrogen and oxygen atoms in total. The van der Waals surface area contributed by atoms with Gasteiger partial charge in [0.25, 0.3) is 0 Å². The second-order valence-electron chi connectivity index (χ2n) is 10.3. The van der Waals surface area contributed by atoms with E-state index in [4.69, 9.17) is 21.3 Å². The Hall–Kier alpha value is -3.39. The smallest absolute Gasteiger partial charge is 0.0960 e. The summed E-state index contributed by atoms with van der Waals surface area (Å²) in [4.78, 5) is 4.83. The Morgan fingerprint density at radius 1 is 1.05 bits per heavy atom. The van der Waals surface area contributed by atoms with Crippen molar-refractivity contribution in [2.24, 2.45) is 17.5 Å². The maximum Gasteiger partial charge on any atom is 0.0960 e. The molecule has 7 heteroatoms. The molecular weight excluding hydrogens is 486 g/mol. The molecule has 2 aromatic carbocycles. The van der Waals surface area contributed by atoms with Crippen molar-refractivity contribution in [1.82, 2.24) is 14.6 Å². The van der Waals surface area contributed by atoms with Crippen molar-refractivity contribution in [2.75, 3.05) is 20.3 Å². The first-order valence-electron chi connectivity index (χ1n) is 13.8. The SMILES string of the molecule is C/C(N)=C(\c1cnc2c3cc(C(C)(C)O)ccc3n(CC3CCOCC3)c2c1)N(C)N.CC.c1ccccc1. The van der Waals surface area contributed by atoms with Gasteiger partial charge in [0, 0.05) is 49.6 Å². The number of aromatic nitrogens is 2. The molecule has 39 heavy (non-hydrogen) atoms. The highest BCUT2D eigenvalue weighted by atomic mass is 16.5. The summed E-state index contributed by atoms with van der Waals surface area (Å²) in [5.41, 5.74) is 11.5. The minimum absolute atomic E-state index is 0.550. The topological polar surface area (TPSA) is 103 Å². The molecule has 1 saturated heterocycles. The summed E-state index contributed by atoms with van der Waals surface area (Å²) in [5, 5.41) is 13.1. The summed E-state index contributed by atoms with van der Waals surface area (Å²) in [7, 11) is 1.78. The highest BCUT2D eigenvalue weighted by Crippen LogP contribution is 2.34. The molecule has 3 heterocycles. The fraction of sp³-hybridized carbons (Fsp3) is 0.406. The molecule has 1 aliphatic rings. The van der Waals surface area contributed by atoms with E-state index in [1.165, 1.54) is 5.01 Å². The summed E-state index contributed by atoms with van der Waals surface area (Å²) in [6.45, 7) is 12.0. The lowest BCUT2D eigenvalue weighted by atomic mass is 9.97. The van der Waals surface area contributed by atoms with E-state index in [1.54, 1.807) is 20.9 Å². The molecule has 0 amide bonds. The lowest BCUT2D eigenvalue weighted by Crippen LogP contribution is -2.26. The Morgan fingerprint density at radius 3 is 2.15 bits per heavy atom. The molecule has 1 fully saturated rings. The van der Waals surface area contributed by atoms with E-state index >= 15 is 0 Å². The zero-order valence-corrected chi connectivity index (χ0v) is 24.3. The Kier molecular flexibility index (Phi) is 10.5. The highest BCUT2D eigenvalue weighted by Gasteiger charge is 2.22. The maximum absolute atomic E-state index is 10.5. The van der Waals surface area contributed by atoms with Crippen LogP contribution in [-0.2, 0) is 16.9 Å². The lowest BCUT2D eigenvalue weighted by molar-refractivity contribution is 0.0619. The van der Waals surface area contributed by atoms with Crippen LogP contribution >= 0.6 is 0 Å². The number of hydrazine groups is 1. The van der Waals surface area contributed by atoms with Crippen LogP contribution < -0.4 is 11.6 Å². The lowest BCUT2D eigenvalue weighted by Gasteiger charge is -2.24. The predicted molar refractivity (Wildman–Crippen MR) is 163 cm³/mol. The minimum atomic E-state index is -0.919. The van der Waals surface area contributed by atoms with E-state index in [0.717, 1.165) is 71.4 Å². The number of pyridine rings is 1. The monoisotopic (exact) mass is 531 g/mol. The van der Waals surface area contributed by atoms with Crippen LogP contribution in [0.5, 0.6) is 0 Å². The van der Waals surface area contributed by atoms with E-state index in [1.807, 2.05) is 69.4 Å². The normalized spacial score (nSPS) is 14.7. The zero-order chi connectivity index (χ0) is 28.6. The average molecular weight is 532 g/mol. The molecule has 0 radical (unpaired) electrons. The van der Waals surface area contributed by atoms with E-state index in [-0.39, 0.29) is 0 Å². The number of rotatable bonds is 5. The van der Waals surface area contributed by atoms with Crippen molar-refractivity contribution in [3.63, 3.8) is 0 Å². The Labute approximate surface area is 233 Å². The summed E-state index contributed by atoms with van der Waals surface area (Å²) < 4.78 is 7.91. The third-order valence-corrected chi connectivity index (χ3v) is 6.86. The molecule has 5 rings (SSSR count). The van der Waals surface area contributed by atoms with Gasteiger partial charge in [0.15, 0.2) is 0 Å². The predicted octanol–water partition coefficient (Wildman–Crippen LogP) is 6.01. The molecule has 4 aromatic rings. The van der Waals surface area contributed by atoms with Gasteiger partial charge in [-0.3, -0.25) is 4.98 Å². The third-order valence-electron chi connectivity index (χ3n) is 6.86. The first-order valence-corrected chi connectivity index (χ1v) is 13.8. The van der Waals surface area contributed by atoms with Gasteiger partial charge < -0.3 is 25.2 Å². The van der Waals surface area contributed by atoms with Crippen molar-refractivity contribution in [3.8, 4) is 0 Å². The number of nitrogens with zero attached hydrogens (tertiary/aromatic N) is 3. The van der Waals surface area contributed by atoms with Gasteiger partial charge in [-0.05, 0) is 63.3 Å². The summed E-state index contributed by atoms with van der Waals surface area (Å²) in [6.07, 6.45) is 3.93. The highest BCUT2D eigenvalue weighted by molar-refractivity contribution is 6.06. The second-order valence-corrected chi connectivity index (χ2v) is 10.3. The number of nitrogens with two attached hydrogens (primary N) is 2. The van der Waals surface area contributed by atoms with Gasteiger partial charge in [-0.2, -0.15) is 0 Å². The van der Waals surface area contributed by atoms with Crippen molar-refractivity contribution in [3.05, 3.63) is 83.7 Å². The van der Waals surface area contributed by atoms with Crippen molar-refractivity contribution in [2.45, 2.75) is 59.6 Å². The largest absolute Gasteiger partial charge is 0.401 e. The van der Waals surface area contributed by atoms with Crippen LogP contribution in [0.1, 0.15) is 58.6 Å². The number of aliphatic hydroxyl groups is 1. The molecule has 1 aliphatic heterocycles. The first-order chi connectivity index (χ1) is 18.7. The number of hydrogen-bond acceptors (Lipinski definition) is 6. The first kappa shape index (κ1) is 30.2. The zero-order valence-electron chi connectivity index (χ0n) is 24.3. The fourth-order valence-corrected chi connectivity index (χ4v) is 4.95. The molecule has 0 aliphatic carbocycles. The van der Waals surface area contributed by atoms with Crippen molar-refractivity contribution >= 4 is 27.6 Å². The van der Waals surface area contributed by atoms with E-state index in [0.29, 0.717) is 11.6 Å². The molecule has 0 unspecified atom stereocenters. The fourth-order valence-electron chi connectivity index (χ4n) is 4.95. The van der Waals surface area contributed by atoms with Crippen LogP contribution in [0, 0.1) is 5.92 Å². The van der Waals surface area contributed by atoms with Crippen LogP contribution in [-0.4, -0.2) is 39.9 Å². The summed E-state index contributed by atoms with van der Waals surface area (Å²) in [6, 6.07) is 20.3. The van der Waals surface area contributed by atoms with Crippen LogP contribution in [0.4, 0.5) is 0 Å². The number of hydrogen-bond donors (Lipinski definition) is 3. The molecule has 5 N–H and O–H groups in total. The third kappa shape index (κ3) is 7.38. The van der Waals surface area contributed by atoms with E-state index < -0.39 is 5.60 Å². The molecule has 0 bridgehead atoms. The average Bonchev–Trinajstić information content (AvgIpc) is 3.23. The van der Waals surface area contributed by atoms with E-state index in [9.17, 15) is 5.11 Å². The number of allylic oxidation sites excluding steroid dienone is 1. The van der Waals surface area contributed by atoms with Gasteiger partial charge in [0.2, 0.25) is 0 Å². The Bertz CT molecular complexity index is 1330. The van der Waals surface area contributed by atoms with Gasteiger partial charge in [-0.15, -0.1) is 0 Å². The molecule has 0 saturated carbocycles. The molecule has 2 aromatic heterocycles. The standard InChI is InChI=1S/C24H33N5O2.C6H6.C2H6/c1-15(25)23(28(4)26)17-11-21-22(27-13-17)19-12-18(24(2,3)30)5-6-20(19)29(21)14-16-7-9-31-10-8-16;1-2-4-6-5-3-1;1-2/h5-6,11-13,16,30H,7-10,14,25-26H2,1-4H3;1-6H;1-2H3/b23-15-;;. The molecule has 0 spiro atoms. The van der Waals surface area contributed by atoms with Gasteiger partial charge in [0.05, 0.1) is 27.8 Å². The van der Waals surface area contributed by atoms with Crippen LogP contribution in [0.2, 0.25) is 0 Å². The summed E-state index contributed by atoms with van der Waals surface area (Å²) >= 11 is 0. The molecule has 0 atom stereocenters. The van der Waals surface area contributed by atoms with Gasteiger partial charge in [0.1, 0.15) is 0 Å². The van der Waals surface area contributed by atoms with Crippen molar-refractivity contribution < 1.29 is 9.84 Å². The molecule has 210 valence electrons. The Morgan fingerprint density at radius 2 is 1.64 bits per heavy atom. The maximum atomic E-state index is 10.5. The van der Waals surface area contributed by atoms with Gasteiger partial charge in [-0.1, -0.05) is 56.3 Å².